The van der Waals surface area contributed by atoms with E-state index in [1.54, 1.807) is 6.33 Å². The van der Waals surface area contributed by atoms with Crippen molar-refractivity contribution in [1.29, 1.82) is 0 Å². The lowest BCUT2D eigenvalue weighted by atomic mass is 10.0. The summed E-state index contributed by atoms with van der Waals surface area (Å²) in [6, 6.07) is 2.10. The largest absolute Gasteiger partial charge is 0.387 e. The molecule has 0 aromatic carbocycles. The van der Waals surface area contributed by atoms with Crippen LogP contribution in [-0.4, -0.2) is 59.3 Å². The van der Waals surface area contributed by atoms with Crippen molar-refractivity contribution in [2.75, 3.05) is 38.6 Å². The lowest BCUT2D eigenvalue weighted by Gasteiger charge is -2.27. The maximum Gasteiger partial charge on any atom is 0.132 e. The van der Waals surface area contributed by atoms with E-state index in [1.807, 2.05) is 19.0 Å². The molecule has 5 heteroatoms. The van der Waals surface area contributed by atoms with E-state index in [-0.39, 0.29) is 0 Å². The molecule has 1 N–H and O–H groups in total. The Morgan fingerprint density at radius 3 is 2.89 bits per heavy atom. The van der Waals surface area contributed by atoms with Crippen molar-refractivity contribution in [2.24, 2.45) is 0 Å². The highest BCUT2D eigenvalue weighted by atomic mass is 16.3. The fraction of sp³-hybridized carbons (Fsp3) is 0.714. The molecule has 1 aliphatic heterocycles. The predicted octanol–water partition coefficient (Wildman–Crippen LogP) is 0.857. The van der Waals surface area contributed by atoms with Crippen LogP contribution in [0.1, 0.15) is 30.9 Å². The van der Waals surface area contributed by atoms with E-state index in [2.05, 4.69) is 20.9 Å². The fourth-order valence-corrected chi connectivity index (χ4v) is 2.91. The maximum absolute atomic E-state index is 10.6. The van der Waals surface area contributed by atoms with Crippen LogP contribution in [-0.2, 0) is 0 Å². The Kier molecular flexibility index (Phi) is 3.19. The zero-order valence-electron chi connectivity index (χ0n) is 11.7. The van der Waals surface area contributed by atoms with Crippen LogP contribution in [0.25, 0.3) is 0 Å². The van der Waals surface area contributed by atoms with Gasteiger partial charge in [0.2, 0.25) is 0 Å². The zero-order chi connectivity index (χ0) is 13.5. The zero-order valence-corrected chi connectivity index (χ0v) is 11.7. The van der Waals surface area contributed by atoms with Gasteiger partial charge < -0.3 is 14.9 Å². The van der Waals surface area contributed by atoms with E-state index in [4.69, 9.17) is 0 Å². The number of rotatable bonds is 4. The van der Waals surface area contributed by atoms with Gasteiger partial charge in [0.05, 0.1) is 5.60 Å². The highest BCUT2D eigenvalue weighted by Gasteiger charge is 2.37. The highest BCUT2D eigenvalue weighted by molar-refractivity contribution is 5.42. The van der Waals surface area contributed by atoms with Crippen LogP contribution in [0.2, 0.25) is 0 Å². The molecule has 19 heavy (non-hydrogen) atoms. The van der Waals surface area contributed by atoms with Gasteiger partial charge in [0.1, 0.15) is 12.1 Å². The molecule has 2 fully saturated rings. The first-order chi connectivity index (χ1) is 9.06. The average molecular weight is 262 g/mol. The van der Waals surface area contributed by atoms with Gasteiger partial charge in [-0.2, -0.15) is 0 Å². The monoisotopic (exact) mass is 262 g/mol. The molecule has 1 saturated carbocycles. The Bertz CT molecular complexity index is 461. The molecule has 1 atom stereocenters. The van der Waals surface area contributed by atoms with Crippen LogP contribution in [0.3, 0.4) is 0 Å². The van der Waals surface area contributed by atoms with E-state index in [0.717, 1.165) is 24.5 Å². The summed E-state index contributed by atoms with van der Waals surface area (Å²) < 4.78 is 0. The standard InChI is InChI=1S/C14H22N4O/c1-17(2)8-14(19)5-6-18(9-14)13-7-12(11-3-4-11)15-10-16-13/h7,10-11,19H,3-6,8-9H2,1-2H3/t14-/m1/s1. The summed E-state index contributed by atoms with van der Waals surface area (Å²) in [6.45, 7) is 2.22. The second kappa shape index (κ2) is 4.72. The topological polar surface area (TPSA) is 52.5 Å². The smallest absolute Gasteiger partial charge is 0.132 e. The molecule has 104 valence electrons. The number of β-amino-alcohol motifs (C(OH)–C–C–N with tert-alkyl or cyclic N) is 1. The van der Waals surface area contributed by atoms with Gasteiger partial charge in [-0.1, -0.05) is 0 Å². The third-order valence-electron chi connectivity index (χ3n) is 3.94. The summed E-state index contributed by atoms with van der Waals surface area (Å²) in [5.74, 6) is 1.61. The first-order valence-corrected chi connectivity index (χ1v) is 7.00. The molecule has 1 aromatic rings. The summed E-state index contributed by atoms with van der Waals surface area (Å²) in [5.41, 5.74) is 0.543. The lowest BCUT2D eigenvalue weighted by Crippen LogP contribution is -2.42. The minimum Gasteiger partial charge on any atom is -0.387 e. The molecule has 5 nitrogen and oxygen atoms in total. The van der Waals surface area contributed by atoms with Crippen molar-refractivity contribution < 1.29 is 5.11 Å². The van der Waals surface area contributed by atoms with E-state index in [0.29, 0.717) is 19.0 Å². The molecule has 0 unspecified atom stereocenters. The number of anilines is 1. The van der Waals surface area contributed by atoms with Crippen molar-refractivity contribution in [3.05, 3.63) is 18.1 Å². The third-order valence-corrected chi connectivity index (χ3v) is 3.94. The summed E-state index contributed by atoms with van der Waals surface area (Å²) in [6.07, 6.45) is 4.96. The molecule has 2 heterocycles. The molecule has 0 bridgehead atoms. The van der Waals surface area contributed by atoms with Crippen LogP contribution in [0.5, 0.6) is 0 Å². The van der Waals surface area contributed by atoms with E-state index in [9.17, 15) is 5.11 Å². The molecule has 0 spiro atoms. The van der Waals surface area contributed by atoms with Crippen molar-refractivity contribution in [3.63, 3.8) is 0 Å². The van der Waals surface area contributed by atoms with Gasteiger partial charge in [-0.25, -0.2) is 9.97 Å². The molecule has 2 aliphatic rings. The second-order valence-electron chi connectivity index (χ2n) is 6.21. The molecule has 1 saturated heterocycles. The van der Waals surface area contributed by atoms with Crippen LogP contribution in [0, 0.1) is 0 Å². The molecular weight excluding hydrogens is 240 g/mol. The van der Waals surface area contributed by atoms with Crippen LogP contribution < -0.4 is 4.90 Å². The highest BCUT2D eigenvalue weighted by Crippen LogP contribution is 2.39. The van der Waals surface area contributed by atoms with Crippen LogP contribution in [0.15, 0.2) is 12.4 Å². The van der Waals surface area contributed by atoms with Gasteiger partial charge in [-0.3, -0.25) is 0 Å². The molecule has 3 rings (SSSR count). The first kappa shape index (κ1) is 12.8. The predicted molar refractivity (Wildman–Crippen MR) is 74.3 cm³/mol. The van der Waals surface area contributed by atoms with Crippen LogP contribution in [0.4, 0.5) is 5.82 Å². The van der Waals surface area contributed by atoms with E-state index in [1.165, 1.54) is 12.8 Å². The molecule has 1 aromatic heterocycles. The summed E-state index contributed by atoms with van der Waals surface area (Å²) in [4.78, 5) is 12.9. The van der Waals surface area contributed by atoms with Crippen molar-refractivity contribution >= 4 is 5.82 Å². The lowest BCUT2D eigenvalue weighted by molar-refractivity contribution is 0.0365. The third kappa shape index (κ3) is 2.87. The number of aromatic nitrogens is 2. The molecule has 0 radical (unpaired) electrons. The quantitative estimate of drug-likeness (QED) is 0.872. The van der Waals surface area contributed by atoms with E-state index >= 15 is 0 Å². The number of hydrogen-bond acceptors (Lipinski definition) is 5. The minimum absolute atomic E-state index is 0.617. The normalized spacial score (nSPS) is 27.3. The Hall–Kier alpha value is -1.20. The van der Waals surface area contributed by atoms with E-state index < -0.39 is 5.60 Å². The molecular formula is C14H22N4O. The molecule has 1 aliphatic carbocycles. The average Bonchev–Trinajstić information content (AvgIpc) is 3.13. The number of hydrogen-bond donors (Lipinski definition) is 1. The van der Waals surface area contributed by atoms with Crippen molar-refractivity contribution in [3.8, 4) is 0 Å². The minimum atomic E-state index is -0.617. The summed E-state index contributed by atoms with van der Waals surface area (Å²) in [7, 11) is 3.99. The van der Waals surface area contributed by atoms with Gasteiger partial charge in [0.25, 0.3) is 0 Å². The number of likely N-dealkylation sites (N-methyl/N-ethyl adjacent to an activating group) is 1. The number of nitrogens with zero attached hydrogens (tertiary/aromatic N) is 4. The Labute approximate surface area is 114 Å². The van der Waals surface area contributed by atoms with Gasteiger partial charge >= 0.3 is 0 Å². The second-order valence-corrected chi connectivity index (χ2v) is 6.21. The Morgan fingerprint density at radius 1 is 1.42 bits per heavy atom. The van der Waals surface area contributed by atoms with Gasteiger partial charge in [-0.05, 0) is 33.4 Å². The van der Waals surface area contributed by atoms with Crippen molar-refractivity contribution in [2.45, 2.75) is 30.8 Å². The maximum atomic E-state index is 10.6. The van der Waals surface area contributed by atoms with Gasteiger partial charge in [0.15, 0.2) is 0 Å². The number of aliphatic hydroxyl groups is 1. The summed E-state index contributed by atoms with van der Waals surface area (Å²) >= 11 is 0. The SMILES string of the molecule is CN(C)C[C@]1(O)CCN(c2cc(C3CC3)ncn2)C1. The Morgan fingerprint density at radius 2 is 2.21 bits per heavy atom. The van der Waals surface area contributed by atoms with Crippen molar-refractivity contribution in [1.82, 2.24) is 14.9 Å². The fourth-order valence-electron chi connectivity index (χ4n) is 2.91. The van der Waals surface area contributed by atoms with Crippen LogP contribution >= 0.6 is 0 Å². The first-order valence-electron chi connectivity index (χ1n) is 7.00. The van der Waals surface area contributed by atoms with Gasteiger partial charge in [-0.15, -0.1) is 0 Å². The Balaban J connectivity index is 1.71. The van der Waals surface area contributed by atoms with Gasteiger partial charge in [0, 0.05) is 37.3 Å². The molecule has 0 amide bonds. The summed E-state index contributed by atoms with van der Waals surface area (Å²) in [5, 5.41) is 10.6.